The summed E-state index contributed by atoms with van der Waals surface area (Å²) in [6.07, 6.45) is 0.546. The van der Waals surface area contributed by atoms with Crippen LogP contribution >= 0.6 is 0 Å². The predicted molar refractivity (Wildman–Crippen MR) is 150 cm³/mol. The largest absolute Gasteiger partial charge is 0.507 e. The number of benzene rings is 3. The van der Waals surface area contributed by atoms with Crippen molar-refractivity contribution in [2.24, 2.45) is 10.7 Å². The van der Waals surface area contributed by atoms with Crippen molar-refractivity contribution >= 4 is 15.9 Å². The Hall–Kier alpha value is -3.24. The monoisotopic (exact) mass is 539 g/mol. The number of aromatic hydroxyl groups is 1. The van der Waals surface area contributed by atoms with Gasteiger partial charge in [-0.05, 0) is 47.2 Å². The van der Waals surface area contributed by atoms with Gasteiger partial charge in [0.15, 0.2) is 0 Å². The molecule has 204 valence electrons. The quantitative estimate of drug-likeness (QED) is 0.180. The fraction of sp³-hybridized carbons (Fsp3) is 0.345. The summed E-state index contributed by atoms with van der Waals surface area (Å²) in [7, 11) is -2.46. The first-order valence-corrected chi connectivity index (χ1v) is 14.0. The van der Waals surface area contributed by atoms with E-state index in [4.69, 9.17) is 15.2 Å². The molecule has 0 bridgehead atoms. The van der Waals surface area contributed by atoms with Crippen LogP contribution in [-0.2, 0) is 32.5 Å². The lowest BCUT2D eigenvalue weighted by atomic mass is 10.0. The molecule has 0 amide bonds. The first kappa shape index (κ1) is 29.3. The number of hydrogen-bond donors (Lipinski definition) is 2. The smallest absolute Gasteiger partial charge is 0.246 e. The molecule has 0 saturated heterocycles. The minimum atomic E-state index is -3.95. The van der Waals surface area contributed by atoms with Crippen molar-refractivity contribution in [3.8, 4) is 5.75 Å². The van der Waals surface area contributed by atoms with Crippen LogP contribution < -0.4 is 5.73 Å². The number of aliphatic imine (C=N–C) groups is 1. The van der Waals surface area contributed by atoms with E-state index in [2.05, 4.69) is 31.0 Å². The Morgan fingerprint density at radius 1 is 0.974 bits per heavy atom. The van der Waals surface area contributed by atoms with E-state index < -0.39 is 10.0 Å². The average Bonchev–Trinajstić information content (AvgIpc) is 2.91. The van der Waals surface area contributed by atoms with Crippen LogP contribution in [0.4, 0.5) is 0 Å². The third-order valence-corrected chi connectivity index (χ3v) is 8.00. The number of phenolic OH excluding ortho intramolecular Hbond substituents is 1. The Bertz CT molecular complexity index is 1290. The van der Waals surface area contributed by atoms with Crippen LogP contribution in [0, 0.1) is 0 Å². The van der Waals surface area contributed by atoms with Gasteiger partial charge in [-0.3, -0.25) is 0 Å². The first-order chi connectivity index (χ1) is 18.2. The minimum absolute atomic E-state index is 0.00100. The number of nitrogens with zero attached hydrogens (tertiary/aromatic N) is 2. The Balaban J connectivity index is 1.53. The standard InChI is InChI=1S/C29H37N3O5S/c1-22(2)25-11-9-23(10-12-25)15-16-32(3)38(34,35)28-19-26(13-14-27(28)33)29(30)31-21-37-18-17-36-20-24-7-5-4-6-8-24/h4-14,19,22,33H,15-18,20-21H2,1-3H3,(H2,30,31). The molecular weight excluding hydrogens is 502 g/mol. The predicted octanol–water partition coefficient (Wildman–Crippen LogP) is 4.28. The number of sulfonamides is 1. The van der Waals surface area contributed by atoms with Crippen LogP contribution in [0.3, 0.4) is 0 Å². The van der Waals surface area contributed by atoms with Gasteiger partial charge in [-0.15, -0.1) is 0 Å². The van der Waals surface area contributed by atoms with Crippen LogP contribution in [0.15, 0.2) is 82.7 Å². The van der Waals surface area contributed by atoms with Gasteiger partial charge in [0.05, 0.1) is 19.8 Å². The minimum Gasteiger partial charge on any atom is -0.507 e. The first-order valence-electron chi connectivity index (χ1n) is 12.6. The van der Waals surface area contributed by atoms with Crippen LogP contribution in [-0.4, -0.2) is 57.2 Å². The Kier molecular flexibility index (Phi) is 10.8. The summed E-state index contributed by atoms with van der Waals surface area (Å²) >= 11 is 0. The number of hydrogen-bond acceptors (Lipinski definition) is 6. The number of rotatable bonds is 14. The van der Waals surface area contributed by atoms with Crippen molar-refractivity contribution in [2.45, 2.75) is 37.7 Å². The second-order valence-corrected chi connectivity index (χ2v) is 11.3. The average molecular weight is 540 g/mol. The zero-order chi connectivity index (χ0) is 27.5. The van der Waals surface area contributed by atoms with Crippen molar-refractivity contribution in [1.29, 1.82) is 0 Å². The lowest BCUT2D eigenvalue weighted by Gasteiger charge is -2.19. The molecule has 0 aliphatic heterocycles. The van der Waals surface area contributed by atoms with Gasteiger partial charge in [-0.1, -0.05) is 68.4 Å². The van der Waals surface area contributed by atoms with Gasteiger partial charge in [-0.2, -0.15) is 0 Å². The highest BCUT2D eigenvalue weighted by Gasteiger charge is 2.25. The van der Waals surface area contributed by atoms with E-state index in [0.29, 0.717) is 37.7 Å². The van der Waals surface area contributed by atoms with Crippen molar-refractivity contribution in [3.05, 3.63) is 95.1 Å². The summed E-state index contributed by atoms with van der Waals surface area (Å²) in [5.74, 6) is 0.199. The molecule has 0 aliphatic carbocycles. The van der Waals surface area contributed by atoms with Crippen molar-refractivity contribution in [1.82, 2.24) is 4.31 Å². The van der Waals surface area contributed by atoms with E-state index in [1.165, 1.54) is 35.1 Å². The zero-order valence-electron chi connectivity index (χ0n) is 22.2. The lowest BCUT2D eigenvalue weighted by Crippen LogP contribution is -2.29. The van der Waals surface area contributed by atoms with Crippen LogP contribution in [0.25, 0.3) is 0 Å². The van der Waals surface area contributed by atoms with Crippen LogP contribution in [0.1, 0.15) is 42.0 Å². The molecule has 38 heavy (non-hydrogen) atoms. The topological polar surface area (TPSA) is 114 Å². The molecule has 0 saturated carbocycles. The maximum absolute atomic E-state index is 13.2. The highest BCUT2D eigenvalue weighted by atomic mass is 32.2. The molecule has 3 aromatic carbocycles. The molecule has 0 aromatic heterocycles. The van der Waals surface area contributed by atoms with Gasteiger partial charge in [0.1, 0.15) is 23.2 Å². The third-order valence-electron chi connectivity index (χ3n) is 6.12. The van der Waals surface area contributed by atoms with E-state index in [1.54, 1.807) is 0 Å². The lowest BCUT2D eigenvalue weighted by molar-refractivity contribution is 0.0434. The third kappa shape index (κ3) is 8.39. The molecule has 3 aromatic rings. The van der Waals surface area contributed by atoms with Crippen molar-refractivity contribution < 1.29 is 23.0 Å². The second-order valence-electron chi connectivity index (χ2n) is 9.27. The van der Waals surface area contributed by atoms with Gasteiger partial charge >= 0.3 is 0 Å². The van der Waals surface area contributed by atoms with Crippen molar-refractivity contribution in [2.75, 3.05) is 33.5 Å². The second kappa shape index (κ2) is 14.1. The molecule has 3 N–H and O–H groups in total. The molecule has 3 rings (SSSR count). The molecule has 0 heterocycles. The van der Waals surface area contributed by atoms with E-state index >= 15 is 0 Å². The van der Waals surface area contributed by atoms with E-state index in [1.807, 2.05) is 42.5 Å². The zero-order valence-corrected chi connectivity index (χ0v) is 23.0. The number of likely N-dealkylation sites (N-methyl/N-ethyl adjacent to an activating group) is 1. The fourth-order valence-corrected chi connectivity index (χ4v) is 4.95. The molecule has 0 fully saturated rings. The normalized spacial score (nSPS) is 12.4. The summed E-state index contributed by atoms with van der Waals surface area (Å²) in [6.45, 7) is 5.76. The van der Waals surface area contributed by atoms with Gasteiger partial charge in [0.25, 0.3) is 0 Å². The SMILES string of the molecule is CC(C)c1ccc(CCN(C)S(=O)(=O)c2cc(C(N)=NCOCCOCc3ccccc3)ccc2O)cc1. The number of ether oxygens (including phenoxy) is 2. The summed E-state index contributed by atoms with van der Waals surface area (Å²) in [5.41, 5.74) is 9.80. The summed E-state index contributed by atoms with van der Waals surface area (Å²) in [6, 6.07) is 22.2. The Morgan fingerprint density at radius 3 is 2.34 bits per heavy atom. The van der Waals surface area contributed by atoms with Gasteiger partial charge in [0, 0.05) is 19.2 Å². The van der Waals surface area contributed by atoms with Gasteiger partial charge < -0.3 is 20.3 Å². The van der Waals surface area contributed by atoms with Crippen molar-refractivity contribution in [3.63, 3.8) is 0 Å². The molecular formula is C29H37N3O5S. The summed E-state index contributed by atoms with van der Waals surface area (Å²) in [5, 5.41) is 10.3. The fourth-order valence-electron chi connectivity index (χ4n) is 3.68. The molecule has 0 aliphatic rings. The van der Waals surface area contributed by atoms with Gasteiger partial charge in [0.2, 0.25) is 10.0 Å². The molecule has 9 heteroatoms. The summed E-state index contributed by atoms with van der Waals surface area (Å²) in [4.78, 5) is 3.95. The molecule has 0 spiro atoms. The Morgan fingerprint density at radius 2 is 1.66 bits per heavy atom. The van der Waals surface area contributed by atoms with E-state index in [-0.39, 0.29) is 29.8 Å². The summed E-state index contributed by atoms with van der Waals surface area (Å²) < 4.78 is 38.6. The van der Waals surface area contributed by atoms with E-state index in [9.17, 15) is 13.5 Å². The maximum atomic E-state index is 13.2. The Labute approximate surface area is 225 Å². The highest BCUT2D eigenvalue weighted by molar-refractivity contribution is 7.89. The van der Waals surface area contributed by atoms with Crippen LogP contribution in [0.2, 0.25) is 0 Å². The van der Waals surface area contributed by atoms with E-state index in [0.717, 1.165) is 11.1 Å². The number of phenols is 1. The molecule has 0 atom stereocenters. The number of amidine groups is 1. The maximum Gasteiger partial charge on any atom is 0.246 e. The highest BCUT2D eigenvalue weighted by Crippen LogP contribution is 2.26. The van der Waals surface area contributed by atoms with Gasteiger partial charge in [-0.25, -0.2) is 17.7 Å². The number of nitrogens with two attached hydrogens (primary N) is 1. The molecule has 0 radical (unpaired) electrons. The molecule has 8 nitrogen and oxygen atoms in total. The molecule has 0 unspecified atom stereocenters. The van der Waals surface area contributed by atoms with Crippen LogP contribution in [0.5, 0.6) is 5.75 Å².